The smallest absolute Gasteiger partial charge is 0.217 e. The molecule has 3 N–H and O–H groups in total. The summed E-state index contributed by atoms with van der Waals surface area (Å²) in [6.07, 6.45) is 1.60. The molecule has 3 heteroatoms. The number of carbonyl (C=O) groups is 1. The second kappa shape index (κ2) is 3.44. The van der Waals surface area contributed by atoms with Crippen LogP contribution in [0.5, 0.6) is 0 Å². The quantitative estimate of drug-likeness (QED) is 0.634. The van der Waals surface area contributed by atoms with E-state index in [1.165, 1.54) is 0 Å². The van der Waals surface area contributed by atoms with E-state index >= 15 is 0 Å². The number of nitrogens with one attached hydrogen (secondary N) is 1. The van der Waals surface area contributed by atoms with Gasteiger partial charge >= 0.3 is 0 Å². The summed E-state index contributed by atoms with van der Waals surface area (Å²) in [4.78, 5) is 10.8. The summed E-state index contributed by atoms with van der Waals surface area (Å²) in [5, 5.41) is 3.33. The van der Waals surface area contributed by atoms with Crippen molar-refractivity contribution in [3.63, 3.8) is 0 Å². The lowest BCUT2D eigenvalue weighted by molar-refractivity contribution is -0.120. The Morgan fingerprint density at radius 2 is 2.33 bits per heavy atom. The maximum atomic E-state index is 10.8. The Hall–Kier alpha value is -0.570. The van der Waals surface area contributed by atoms with Crippen LogP contribution in [0.3, 0.4) is 0 Å². The van der Waals surface area contributed by atoms with Gasteiger partial charge in [0.05, 0.1) is 0 Å². The second-order valence-electron chi connectivity index (χ2n) is 4.32. The molecule has 0 radical (unpaired) electrons. The van der Waals surface area contributed by atoms with E-state index in [1.54, 1.807) is 0 Å². The fourth-order valence-corrected chi connectivity index (χ4v) is 1.84. The van der Waals surface area contributed by atoms with Crippen LogP contribution < -0.4 is 11.1 Å². The summed E-state index contributed by atoms with van der Waals surface area (Å²) in [5.74, 6) is 0.284. The molecule has 1 saturated heterocycles. The molecular formula is C9H18N2O. The molecule has 70 valence electrons. The van der Waals surface area contributed by atoms with Crippen LogP contribution in [-0.4, -0.2) is 19.0 Å². The van der Waals surface area contributed by atoms with Crippen LogP contribution in [0.1, 0.15) is 26.7 Å². The monoisotopic (exact) mass is 170 g/mol. The first-order valence-corrected chi connectivity index (χ1v) is 4.51. The number of hydrogen-bond acceptors (Lipinski definition) is 2. The maximum Gasteiger partial charge on any atom is 0.217 e. The third-order valence-electron chi connectivity index (χ3n) is 2.80. The normalized spacial score (nSPS) is 28.3. The molecule has 0 aromatic carbocycles. The van der Waals surface area contributed by atoms with Gasteiger partial charge in [0, 0.05) is 13.0 Å². The minimum atomic E-state index is -0.171. The Balaban J connectivity index is 2.54. The number of piperidine rings is 1. The van der Waals surface area contributed by atoms with Gasteiger partial charge in [0.1, 0.15) is 0 Å². The average molecular weight is 170 g/mol. The molecule has 12 heavy (non-hydrogen) atoms. The minimum Gasteiger partial charge on any atom is -0.370 e. The van der Waals surface area contributed by atoms with Gasteiger partial charge in [-0.3, -0.25) is 4.79 Å². The molecule has 1 fully saturated rings. The van der Waals surface area contributed by atoms with Gasteiger partial charge in [0.15, 0.2) is 0 Å². The number of primary amides is 1. The Morgan fingerprint density at radius 1 is 1.67 bits per heavy atom. The van der Waals surface area contributed by atoms with Crippen molar-refractivity contribution in [3.05, 3.63) is 0 Å². The van der Waals surface area contributed by atoms with E-state index in [0.717, 1.165) is 19.5 Å². The molecule has 0 aromatic heterocycles. The van der Waals surface area contributed by atoms with Crippen molar-refractivity contribution in [2.75, 3.05) is 13.1 Å². The standard InChI is InChI=1S/C9H18N2O/c1-9(2)6-11-4-3-7(9)5-8(10)12/h7,11H,3-6H2,1-2H3,(H2,10,12)/t7-/m0/s1. The highest BCUT2D eigenvalue weighted by molar-refractivity contribution is 5.74. The van der Waals surface area contributed by atoms with Gasteiger partial charge in [0.25, 0.3) is 0 Å². The minimum absolute atomic E-state index is 0.171. The molecule has 0 bridgehead atoms. The number of nitrogens with two attached hydrogens (primary N) is 1. The first-order valence-electron chi connectivity index (χ1n) is 4.51. The van der Waals surface area contributed by atoms with E-state index in [-0.39, 0.29) is 11.3 Å². The Labute approximate surface area is 73.7 Å². The number of rotatable bonds is 2. The summed E-state index contributed by atoms with van der Waals surface area (Å²) < 4.78 is 0. The van der Waals surface area contributed by atoms with E-state index in [1.807, 2.05) is 0 Å². The van der Waals surface area contributed by atoms with E-state index in [4.69, 9.17) is 5.73 Å². The fraction of sp³-hybridized carbons (Fsp3) is 0.889. The zero-order valence-corrected chi connectivity index (χ0v) is 7.89. The number of carbonyl (C=O) groups excluding carboxylic acids is 1. The van der Waals surface area contributed by atoms with Crippen LogP contribution in [0.25, 0.3) is 0 Å². The largest absolute Gasteiger partial charge is 0.370 e. The number of amides is 1. The summed E-state index contributed by atoms with van der Waals surface area (Å²) in [6.45, 7) is 6.38. The molecule has 1 heterocycles. The highest BCUT2D eigenvalue weighted by Crippen LogP contribution is 2.33. The van der Waals surface area contributed by atoms with Crippen molar-refractivity contribution in [1.29, 1.82) is 0 Å². The molecule has 1 aliphatic heterocycles. The molecule has 3 nitrogen and oxygen atoms in total. The molecular weight excluding hydrogens is 152 g/mol. The molecule has 0 aromatic rings. The lowest BCUT2D eigenvalue weighted by Gasteiger charge is -2.38. The fourth-order valence-electron chi connectivity index (χ4n) is 1.84. The lowest BCUT2D eigenvalue weighted by Crippen LogP contribution is -2.44. The van der Waals surface area contributed by atoms with Crippen LogP contribution in [0.15, 0.2) is 0 Å². The van der Waals surface area contributed by atoms with Crippen LogP contribution >= 0.6 is 0 Å². The Morgan fingerprint density at radius 3 is 2.83 bits per heavy atom. The lowest BCUT2D eigenvalue weighted by atomic mass is 9.73. The Kier molecular flexibility index (Phi) is 2.73. The molecule has 0 aliphatic carbocycles. The van der Waals surface area contributed by atoms with E-state index in [2.05, 4.69) is 19.2 Å². The van der Waals surface area contributed by atoms with E-state index in [0.29, 0.717) is 12.3 Å². The van der Waals surface area contributed by atoms with E-state index < -0.39 is 0 Å². The van der Waals surface area contributed by atoms with Gasteiger partial charge in [0.2, 0.25) is 5.91 Å². The third kappa shape index (κ3) is 2.21. The highest BCUT2D eigenvalue weighted by atomic mass is 16.1. The predicted molar refractivity (Wildman–Crippen MR) is 48.6 cm³/mol. The highest BCUT2D eigenvalue weighted by Gasteiger charge is 2.32. The van der Waals surface area contributed by atoms with Crippen molar-refractivity contribution in [2.45, 2.75) is 26.7 Å². The van der Waals surface area contributed by atoms with Gasteiger partial charge < -0.3 is 11.1 Å². The van der Waals surface area contributed by atoms with Crippen molar-refractivity contribution < 1.29 is 4.79 Å². The van der Waals surface area contributed by atoms with Gasteiger partial charge in [-0.2, -0.15) is 0 Å². The van der Waals surface area contributed by atoms with Crippen molar-refractivity contribution in [2.24, 2.45) is 17.1 Å². The SMILES string of the molecule is CC1(C)CNCC[C@H]1CC(N)=O. The predicted octanol–water partition coefficient (Wildman–Crippen LogP) is 0.497. The van der Waals surface area contributed by atoms with Crippen LogP contribution in [0, 0.1) is 11.3 Å². The summed E-state index contributed by atoms with van der Waals surface area (Å²) in [7, 11) is 0. The van der Waals surface area contributed by atoms with Crippen LogP contribution in [-0.2, 0) is 4.79 Å². The molecule has 1 amide bonds. The molecule has 1 aliphatic rings. The van der Waals surface area contributed by atoms with Gasteiger partial charge in [-0.1, -0.05) is 13.8 Å². The topological polar surface area (TPSA) is 55.1 Å². The second-order valence-corrected chi connectivity index (χ2v) is 4.32. The van der Waals surface area contributed by atoms with Crippen LogP contribution in [0.2, 0.25) is 0 Å². The van der Waals surface area contributed by atoms with Crippen molar-refractivity contribution in [1.82, 2.24) is 5.32 Å². The first-order chi connectivity index (χ1) is 5.52. The Bertz CT molecular complexity index is 177. The molecule has 0 saturated carbocycles. The number of hydrogen-bond donors (Lipinski definition) is 2. The van der Waals surface area contributed by atoms with Gasteiger partial charge in [-0.05, 0) is 24.3 Å². The molecule has 1 rings (SSSR count). The zero-order chi connectivity index (χ0) is 9.19. The maximum absolute atomic E-state index is 10.8. The van der Waals surface area contributed by atoms with Crippen molar-refractivity contribution in [3.8, 4) is 0 Å². The van der Waals surface area contributed by atoms with Gasteiger partial charge in [-0.25, -0.2) is 0 Å². The van der Waals surface area contributed by atoms with Gasteiger partial charge in [-0.15, -0.1) is 0 Å². The van der Waals surface area contributed by atoms with Crippen LogP contribution in [0.4, 0.5) is 0 Å². The first kappa shape index (κ1) is 9.52. The van der Waals surface area contributed by atoms with E-state index in [9.17, 15) is 4.79 Å². The summed E-state index contributed by atoms with van der Waals surface area (Å²) in [6, 6.07) is 0. The molecule has 0 spiro atoms. The zero-order valence-electron chi connectivity index (χ0n) is 7.89. The molecule has 0 unspecified atom stereocenters. The third-order valence-corrected chi connectivity index (χ3v) is 2.80. The van der Waals surface area contributed by atoms with Crippen molar-refractivity contribution >= 4 is 5.91 Å². The average Bonchev–Trinajstić information content (AvgIpc) is 1.92. The molecule has 1 atom stereocenters. The summed E-state index contributed by atoms with van der Waals surface area (Å²) in [5.41, 5.74) is 5.40. The summed E-state index contributed by atoms with van der Waals surface area (Å²) >= 11 is 0.